The Morgan fingerprint density at radius 1 is 1.12 bits per heavy atom. The summed E-state index contributed by atoms with van der Waals surface area (Å²) in [4.78, 5) is 57.7. The van der Waals surface area contributed by atoms with Gasteiger partial charge in [-0.2, -0.15) is 0 Å². The van der Waals surface area contributed by atoms with Crippen LogP contribution < -0.4 is 16.0 Å². The first-order valence-corrected chi connectivity index (χ1v) is 14.3. The number of carbonyl (C=O) groups excluding carboxylic acids is 4. The number of benzene rings is 1. The number of fused-ring (bicyclic) bond motifs is 3. The number of aliphatic hydroxyl groups is 3. The van der Waals surface area contributed by atoms with E-state index in [1.54, 1.807) is 46.2 Å². The van der Waals surface area contributed by atoms with E-state index in [4.69, 9.17) is 5.73 Å². The van der Waals surface area contributed by atoms with Crippen LogP contribution in [0.5, 0.6) is 5.75 Å². The van der Waals surface area contributed by atoms with Gasteiger partial charge in [0.15, 0.2) is 17.1 Å². The van der Waals surface area contributed by atoms with Crippen LogP contribution in [0.1, 0.15) is 42.1 Å². The minimum Gasteiger partial charge on any atom is -0.510 e. The zero-order valence-corrected chi connectivity index (χ0v) is 25.4. The number of phenolic OH excluding ortho intramolecular Hbond substituents is 1. The molecule has 234 valence electrons. The minimum absolute atomic E-state index is 0.000846. The first-order chi connectivity index (χ1) is 20.1. The number of hydrogen-bond acceptors (Lipinski definition) is 11. The number of hydrogen-bond donors (Lipinski definition) is 6. The molecule has 4 atom stereocenters. The predicted molar refractivity (Wildman–Crippen MR) is 159 cm³/mol. The molecule has 1 aromatic rings. The first kappa shape index (κ1) is 32.0. The molecule has 3 aliphatic rings. The van der Waals surface area contributed by atoms with E-state index in [0.29, 0.717) is 17.8 Å². The summed E-state index contributed by atoms with van der Waals surface area (Å²) in [5.41, 5.74) is 2.40. The van der Waals surface area contributed by atoms with E-state index >= 15 is 0 Å². The topological polar surface area (TPSA) is 197 Å². The molecule has 3 aliphatic carbocycles. The molecule has 4 rings (SSSR count). The Morgan fingerprint density at radius 2 is 1.77 bits per heavy atom. The van der Waals surface area contributed by atoms with Crippen LogP contribution in [0.2, 0.25) is 0 Å². The van der Waals surface area contributed by atoms with Crippen LogP contribution in [0.25, 0.3) is 0 Å². The van der Waals surface area contributed by atoms with Crippen molar-refractivity contribution in [1.82, 2.24) is 9.80 Å². The highest BCUT2D eigenvalue weighted by Crippen LogP contribution is 2.53. The van der Waals surface area contributed by atoms with Gasteiger partial charge in [0.05, 0.1) is 23.8 Å². The molecule has 0 heterocycles. The molecule has 7 N–H and O–H groups in total. The lowest BCUT2D eigenvalue weighted by Crippen LogP contribution is -2.63. The van der Waals surface area contributed by atoms with Crippen molar-refractivity contribution in [3.05, 3.63) is 39.9 Å². The lowest BCUT2D eigenvalue weighted by Gasteiger charge is -2.50. The van der Waals surface area contributed by atoms with E-state index in [-0.39, 0.29) is 36.2 Å². The number of nitrogens with one attached hydrogen (secondary N) is 1. The molecule has 43 heavy (non-hydrogen) atoms. The van der Waals surface area contributed by atoms with Gasteiger partial charge in [-0.3, -0.25) is 29.0 Å². The maximum Gasteiger partial charge on any atom is 0.255 e. The van der Waals surface area contributed by atoms with Gasteiger partial charge >= 0.3 is 0 Å². The highest BCUT2D eigenvalue weighted by Gasteiger charge is 2.63. The quantitative estimate of drug-likeness (QED) is 0.174. The molecule has 0 fully saturated rings. The SMILES string of the molecule is CCCCN(C)CC(=O)Nc1cc(N(C)C)c2c(c1O)C(=O)C1=C(O)[C@]3(O)C(=O)C(C(N)=O)=C(O)[C@@H](N(C)C)C3CC1C2. The molecule has 13 nitrogen and oxygen atoms in total. The summed E-state index contributed by atoms with van der Waals surface area (Å²) in [6, 6.07) is 0.514. The van der Waals surface area contributed by atoms with E-state index in [2.05, 4.69) is 5.32 Å². The van der Waals surface area contributed by atoms with Crippen molar-refractivity contribution in [2.45, 2.75) is 44.2 Å². The lowest BCUT2D eigenvalue weighted by atomic mass is 9.58. The van der Waals surface area contributed by atoms with Crippen LogP contribution in [0.15, 0.2) is 28.7 Å². The van der Waals surface area contributed by atoms with Crippen molar-refractivity contribution in [1.29, 1.82) is 0 Å². The minimum atomic E-state index is -2.72. The average molecular weight is 600 g/mol. The fourth-order valence-electron chi connectivity index (χ4n) is 6.74. The number of nitrogens with two attached hydrogens (primary N) is 1. The fraction of sp³-hybridized carbons (Fsp3) is 0.533. The van der Waals surface area contributed by atoms with E-state index in [1.807, 2.05) is 11.8 Å². The highest BCUT2D eigenvalue weighted by atomic mass is 16.3. The van der Waals surface area contributed by atoms with Gasteiger partial charge in [-0.05, 0) is 64.5 Å². The van der Waals surface area contributed by atoms with Crippen LogP contribution >= 0.6 is 0 Å². The maximum absolute atomic E-state index is 14.1. The Bertz CT molecular complexity index is 1450. The van der Waals surface area contributed by atoms with Crippen LogP contribution in [0.3, 0.4) is 0 Å². The zero-order chi connectivity index (χ0) is 32.1. The average Bonchev–Trinajstić information content (AvgIpc) is 2.90. The third-order valence-corrected chi connectivity index (χ3v) is 8.76. The summed E-state index contributed by atoms with van der Waals surface area (Å²) in [7, 11) is 8.46. The lowest BCUT2D eigenvalue weighted by molar-refractivity contribution is -0.148. The van der Waals surface area contributed by atoms with Gasteiger partial charge in [0.25, 0.3) is 5.91 Å². The summed E-state index contributed by atoms with van der Waals surface area (Å²) in [5, 5.41) is 48.2. The standard InChI is InChI=1S/C30H41N5O8/c1-7-8-9-35(6)13-19(36)32-17-12-18(33(2)3)15-10-14-11-16-23(34(4)5)26(39)22(29(31)42)28(41)30(16,43)27(40)20(14)25(38)21(15)24(17)37/h12,14,16,23,37,39-40,43H,7-11,13H2,1-6H3,(H2,31,42)(H,32,36)/t14?,16?,23-,30-/m0/s1. The summed E-state index contributed by atoms with van der Waals surface area (Å²) >= 11 is 0. The van der Waals surface area contributed by atoms with Crippen LogP contribution in [-0.2, 0) is 20.8 Å². The highest BCUT2D eigenvalue weighted by molar-refractivity contribution is 6.25. The number of Topliss-reactive ketones (excluding diaryl/α,β-unsaturated/α-hetero) is 2. The largest absolute Gasteiger partial charge is 0.510 e. The molecule has 0 spiro atoms. The monoisotopic (exact) mass is 599 g/mol. The molecule has 13 heteroatoms. The molecule has 0 saturated heterocycles. The van der Waals surface area contributed by atoms with Crippen LogP contribution in [-0.4, -0.2) is 114 Å². The molecule has 2 unspecified atom stereocenters. The van der Waals surface area contributed by atoms with E-state index in [9.17, 15) is 39.6 Å². The van der Waals surface area contributed by atoms with Gasteiger partial charge < -0.3 is 36.4 Å². The Kier molecular flexibility index (Phi) is 8.65. The zero-order valence-electron chi connectivity index (χ0n) is 25.4. The number of allylic oxidation sites excluding steroid dienone is 1. The van der Waals surface area contributed by atoms with E-state index < -0.39 is 69.7 Å². The molecule has 0 radical (unpaired) electrons. The molecule has 1 aromatic carbocycles. The Balaban J connectivity index is 1.84. The second kappa shape index (κ2) is 11.6. The van der Waals surface area contributed by atoms with Crippen molar-refractivity contribution in [2.75, 3.05) is 58.5 Å². The molecular weight excluding hydrogens is 558 g/mol. The van der Waals surface area contributed by atoms with E-state index in [0.717, 1.165) is 12.8 Å². The number of rotatable bonds is 9. The Labute approximate surface area is 250 Å². The number of phenols is 1. The van der Waals surface area contributed by atoms with Gasteiger partial charge in [0, 0.05) is 31.3 Å². The molecule has 2 amide bonds. The fourth-order valence-corrected chi connectivity index (χ4v) is 6.74. The number of anilines is 2. The van der Waals surface area contributed by atoms with E-state index in [1.165, 1.54) is 4.90 Å². The smallest absolute Gasteiger partial charge is 0.255 e. The molecule has 0 aromatic heterocycles. The van der Waals surface area contributed by atoms with Gasteiger partial charge in [-0.25, -0.2) is 0 Å². The second-order valence-corrected chi connectivity index (χ2v) is 12.1. The van der Waals surface area contributed by atoms with Crippen LogP contribution in [0.4, 0.5) is 11.4 Å². The third-order valence-electron chi connectivity index (χ3n) is 8.76. The van der Waals surface area contributed by atoms with Crippen molar-refractivity contribution in [3.8, 4) is 5.75 Å². The van der Waals surface area contributed by atoms with Crippen LogP contribution in [0, 0.1) is 11.8 Å². The van der Waals surface area contributed by atoms with Gasteiger partial charge in [0.2, 0.25) is 11.7 Å². The summed E-state index contributed by atoms with van der Waals surface area (Å²) in [6.45, 7) is 2.81. The number of nitrogens with zero attached hydrogens (tertiary/aromatic N) is 3. The second-order valence-electron chi connectivity index (χ2n) is 12.1. The summed E-state index contributed by atoms with van der Waals surface area (Å²) in [5.74, 6) is -7.67. The Hall–Kier alpha value is -3.94. The Morgan fingerprint density at radius 3 is 2.33 bits per heavy atom. The summed E-state index contributed by atoms with van der Waals surface area (Å²) in [6.07, 6.45) is 2.01. The predicted octanol–water partition coefficient (Wildman–Crippen LogP) is 0.857. The third kappa shape index (κ3) is 5.15. The normalized spacial score (nSPS) is 25.1. The number of amides is 2. The van der Waals surface area contributed by atoms with Crippen molar-refractivity contribution in [2.24, 2.45) is 17.6 Å². The number of aliphatic hydroxyl groups excluding tert-OH is 2. The number of aromatic hydroxyl groups is 1. The number of ketones is 2. The number of primary amides is 1. The van der Waals surface area contributed by atoms with Gasteiger partial charge in [-0.1, -0.05) is 13.3 Å². The van der Waals surface area contributed by atoms with Gasteiger partial charge in [0.1, 0.15) is 17.1 Å². The summed E-state index contributed by atoms with van der Waals surface area (Å²) < 4.78 is 0. The molecular formula is C30H41N5O8. The molecule has 0 bridgehead atoms. The van der Waals surface area contributed by atoms with Gasteiger partial charge in [-0.15, -0.1) is 0 Å². The number of unbranched alkanes of at least 4 members (excludes halogenated alkanes) is 1. The van der Waals surface area contributed by atoms with Crippen molar-refractivity contribution >= 4 is 34.8 Å². The van der Waals surface area contributed by atoms with Crippen molar-refractivity contribution in [3.63, 3.8) is 0 Å². The van der Waals surface area contributed by atoms with Crippen molar-refractivity contribution < 1.29 is 39.6 Å². The molecule has 0 saturated carbocycles. The maximum atomic E-state index is 14.1. The number of carbonyl (C=O) groups is 4. The molecule has 0 aliphatic heterocycles. The number of likely N-dealkylation sites (N-methyl/N-ethyl adjacent to an activating group) is 2. The first-order valence-electron chi connectivity index (χ1n) is 14.3.